The summed E-state index contributed by atoms with van der Waals surface area (Å²) in [6.45, 7) is 4.31. The third kappa shape index (κ3) is 1.96. The molecule has 1 aliphatic rings. The summed E-state index contributed by atoms with van der Waals surface area (Å²) in [5.41, 5.74) is 3.48. The van der Waals surface area contributed by atoms with Gasteiger partial charge in [0.2, 0.25) is 0 Å². The largest absolute Gasteiger partial charge is 0.464 e. The molecule has 1 unspecified atom stereocenters. The molecule has 15 heavy (non-hydrogen) atoms. The van der Waals surface area contributed by atoms with Gasteiger partial charge in [-0.15, -0.1) is 0 Å². The number of fused-ring (bicyclic) bond motifs is 1. The second-order valence-corrected chi connectivity index (χ2v) is 3.81. The Kier molecular flexibility index (Phi) is 2.62. The van der Waals surface area contributed by atoms with Gasteiger partial charge in [-0.25, -0.2) is 4.79 Å². The number of hydrogen-bond donors (Lipinski definition) is 1. The number of esters is 1. The molecule has 0 radical (unpaired) electrons. The highest BCUT2D eigenvalue weighted by atomic mass is 16.5. The molecule has 0 fully saturated rings. The number of rotatable bonds is 2. The highest BCUT2D eigenvalue weighted by Crippen LogP contribution is 2.26. The molecule has 3 heteroatoms. The van der Waals surface area contributed by atoms with Crippen molar-refractivity contribution in [3.05, 3.63) is 29.3 Å². The topological polar surface area (TPSA) is 38.3 Å². The van der Waals surface area contributed by atoms with E-state index in [4.69, 9.17) is 4.74 Å². The minimum absolute atomic E-state index is 0.161. The first-order valence-corrected chi connectivity index (χ1v) is 5.23. The van der Waals surface area contributed by atoms with Gasteiger partial charge in [-0.3, -0.25) is 0 Å². The van der Waals surface area contributed by atoms with Crippen LogP contribution in [-0.2, 0) is 16.0 Å². The molecule has 1 N–H and O–H groups in total. The minimum Gasteiger partial charge on any atom is -0.464 e. The lowest BCUT2D eigenvalue weighted by Crippen LogP contribution is -2.28. The maximum atomic E-state index is 11.5. The van der Waals surface area contributed by atoms with E-state index in [0.717, 1.165) is 12.1 Å². The Morgan fingerprint density at radius 2 is 2.40 bits per heavy atom. The van der Waals surface area contributed by atoms with Gasteiger partial charge in [0, 0.05) is 12.1 Å². The Morgan fingerprint density at radius 3 is 3.13 bits per heavy atom. The first-order valence-electron chi connectivity index (χ1n) is 5.23. The van der Waals surface area contributed by atoms with Crippen LogP contribution in [-0.4, -0.2) is 18.6 Å². The average Bonchev–Trinajstić information content (AvgIpc) is 2.60. The van der Waals surface area contributed by atoms with Crippen molar-refractivity contribution in [2.45, 2.75) is 26.3 Å². The van der Waals surface area contributed by atoms with Crippen LogP contribution >= 0.6 is 0 Å². The summed E-state index contributed by atoms with van der Waals surface area (Å²) < 4.78 is 4.99. The van der Waals surface area contributed by atoms with Gasteiger partial charge < -0.3 is 10.1 Å². The fourth-order valence-corrected chi connectivity index (χ4v) is 1.88. The second-order valence-electron chi connectivity index (χ2n) is 3.81. The van der Waals surface area contributed by atoms with E-state index in [2.05, 4.69) is 18.3 Å². The van der Waals surface area contributed by atoms with Crippen LogP contribution in [0.5, 0.6) is 0 Å². The zero-order valence-corrected chi connectivity index (χ0v) is 9.04. The molecule has 1 aliphatic heterocycles. The Balaban J connectivity index is 2.12. The SMILES string of the molecule is CCOC(=O)C1Cc2cc(C)ccc2N1. The van der Waals surface area contributed by atoms with Crippen molar-refractivity contribution in [1.29, 1.82) is 0 Å². The quantitative estimate of drug-likeness (QED) is 0.749. The minimum atomic E-state index is -0.207. The van der Waals surface area contributed by atoms with Crippen LogP contribution < -0.4 is 5.32 Å². The van der Waals surface area contributed by atoms with Crippen LogP contribution in [0.2, 0.25) is 0 Å². The van der Waals surface area contributed by atoms with Crippen LogP contribution in [0.15, 0.2) is 18.2 Å². The van der Waals surface area contributed by atoms with Crippen molar-refractivity contribution in [1.82, 2.24) is 0 Å². The van der Waals surface area contributed by atoms with E-state index in [0.29, 0.717) is 6.61 Å². The van der Waals surface area contributed by atoms with Crippen LogP contribution in [0.3, 0.4) is 0 Å². The van der Waals surface area contributed by atoms with Crippen molar-refractivity contribution < 1.29 is 9.53 Å². The molecule has 0 aromatic heterocycles. The maximum absolute atomic E-state index is 11.5. The molecule has 80 valence electrons. The second kappa shape index (κ2) is 3.93. The van der Waals surface area contributed by atoms with Crippen molar-refractivity contribution >= 4 is 11.7 Å². The molecule has 3 nitrogen and oxygen atoms in total. The number of benzene rings is 1. The van der Waals surface area contributed by atoms with E-state index >= 15 is 0 Å². The van der Waals surface area contributed by atoms with Gasteiger partial charge >= 0.3 is 5.97 Å². The van der Waals surface area contributed by atoms with Crippen molar-refractivity contribution in [3.63, 3.8) is 0 Å². The Hall–Kier alpha value is -1.51. The molecule has 0 aliphatic carbocycles. The summed E-state index contributed by atoms with van der Waals surface area (Å²) in [5, 5.41) is 3.17. The van der Waals surface area contributed by atoms with E-state index in [9.17, 15) is 4.79 Å². The molecular formula is C12H15NO2. The predicted octanol–water partition coefficient (Wildman–Crippen LogP) is 1.89. The number of carbonyl (C=O) groups is 1. The van der Waals surface area contributed by atoms with E-state index in [1.54, 1.807) is 0 Å². The molecule has 0 spiro atoms. The van der Waals surface area contributed by atoms with Gasteiger partial charge in [-0.1, -0.05) is 17.7 Å². The van der Waals surface area contributed by atoms with Crippen LogP contribution in [0.1, 0.15) is 18.1 Å². The van der Waals surface area contributed by atoms with Crippen LogP contribution in [0, 0.1) is 6.92 Å². The lowest BCUT2D eigenvalue weighted by atomic mass is 10.1. The summed E-state index contributed by atoms with van der Waals surface area (Å²) in [4.78, 5) is 11.5. The average molecular weight is 205 g/mol. The van der Waals surface area contributed by atoms with Gasteiger partial charge in [0.05, 0.1) is 6.61 Å². The first-order chi connectivity index (χ1) is 7.20. The summed E-state index contributed by atoms with van der Waals surface area (Å²) >= 11 is 0. The zero-order valence-electron chi connectivity index (χ0n) is 9.04. The Bertz CT molecular complexity index is 387. The molecule has 1 heterocycles. The number of aryl methyl sites for hydroxylation is 1. The van der Waals surface area contributed by atoms with Gasteiger partial charge in [0.1, 0.15) is 6.04 Å². The van der Waals surface area contributed by atoms with Gasteiger partial charge in [0.25, 0.3) is 0 Å². The lowest BCUT2D eigenvalue weighted by molar-refractivity contribution is -0.143. The first kappa shape index (κ1) is 10.0. The van der Waals surface area contributed by atoms with E-state index in [1.165, 1.54) is 11.1 Å². The summed E-state index contributed by atoms with van der Waals surface area (Å²) in [5.74, 6) is -0.161. The van der Waals surface area contributed by atoms with Crippen molar-refractivity contribution in [3.8, 4) is 0 Å². The fourth-order valence-electron chi connectivity index (χ4n) is 1.88. The maximum Gasteiger partial charge on any atom is 0.328 e. The number of nitrogens with one attached hydrogen (secondary N) is 1. The van der Waals surface area contributed by atoms with Crippen LogP contribution in [0.4, 0.5) is 5.69 Å². The molecule has 1 atom stereocenters. The van der Waals surface area contributed by atoms with E-state index < -0.39 is 0 Å². The third-order valence-corrected chi connectivity index (χ3v) is 2.59. The molecule has 0 saturated heterocycles. The molecule has 1 aromatic carbocycles. The number of carbonyl (C=O) groups excluding carboxylic acids is 1. The van der Waals surface area contributed by atoms with Gasteiger partial charge in [-0.2, -0.15) is 0 Å². The smallest absolute Gasteiger partial charge is 0.328 e. The van der Waals surface area contributed by atoms with Gasteiger partial charge in [-0.05, 0) is 25.5 Å². The third-order valence-electron chi connectivity index (χ3n) is 2.59. The number of hydrogen-bond acceptors (Lipinski definition) is 3. The standard InChI is InChI=1S/C12H15NO2/c1-3-15-12(14)11-7-9-6-8(2)4-5-10(9)13-11/h4-6,11,13H,3,7H2,1-2H3. The van der Waals surface area contributed by atoms with Crippen molar-refractivity contribution in [2.24, 2.45) is 0 Å². The fraction of sp³-hybridized carbons (Fsp3) is 0.417. The Labute approximate surface area is 89.4 Å². The molecule has 0 bridgehead atoms. The van der Waals surface area contributed by atoms with Crippen LogP contribution in [0.25, 0.3) is 0 Å². The molecular weight excluding hydrogens is 190 g/mol. The normalized spacial score (nSPS) is 18.1. The summed E-state index contributed by atoms with van der Waals surface area (Å²) in [6.07, 6.45) is 0.732. The van der Waals surface area contributed by atoms with E-state index in [1.807, 2.05) is 19.1 Å². The number of anilines is 1. The van der Waals surface area contributed by atoms with E-state index in [-0.39, 0.29) is 12.0 Å². The van der Waals surface area contributed by atoms with Gasteiger partial charge in [0.15, 0.2) is 0 Å². The summed E-state index contributed by atoms with van der Waals surface area (Å²) in [7, 11) is 0. The molecule has 0 amide bonds. The highest BCUT2D eigenvalue weighted by Gasteiger charge is 2.27. The molecule has 0 saturated carbocycles. The molecule has 1 aromatic rings. The zero-order chi connectivity index (χ0) is 10.8. The van der Waals surface area contributed by atoms with Crippen molar-refractivity contribution in [2.75, 3.05) is 11.9 Å². The predicted molar refractivity (Wildman–Crippen MR) is 58.9 cm³/mol. The molecule has 2 rings (SSSR count). The monoisotopic (exact) mass is 205 g/mol. The Morgan fingerprint density at radius 1 is 1.60 bits per heavy atom. The lowest BCUT2D eigenvalue weighted by Gasteiger charge is -2.09. The summed E-state index contributed by atoms with van der Waals surface area (Å²) in [6, 6.07) is 5.96. The highest BCUT2D eigenvalue weighted by molar-refractivity contribution is 5.82. The number of ether oxygens (including phenoxy) is 1.